The summed E-state index contributed by atoms with van der Waals surface area (Å²) in [6.45, 7) is 32.4. The van der Waals surface area contributed by atoms with E-state index >= 15 is 0 Å². The van der Waals surface area contributed by atoms with E-state index in [4.69, 9.17) is 28.4 Å². The van der Waals surface area contributed by atoms with Gasteiger partial charge in [0.1, 0.15) is 0 Å². The van der Waals surface area contributed by atoms with Crippen LogP contribution >= 0.6 is 0 Å². The van der Waals surface area contributed by atoms with Gasteiger partial charge in [0, 0.05) is 18.3 Å². The van der Waals surface area contributed by atoms with Gasteiger partial charge in [-0.3, -0.25) is 0 Å². The summed E-state index contributed by atoms with van der Waals surface area (Å²) >= 11 is 0. The van der Waals surface area contributed by atoms with Gasteiger partial charge in [0.25, 0.3) is 0 Å². The molecule has 6 nitrogen and oxygen atoms in total. The lowest BCUT2D eigenvalue weighted by atomic mass is 9.74. The first kappa shape index (κ1) is 37.6. The second kappa shape index (κ2) is 16.0. The molecule has 0 bridgehead atoms. The summed E-state index contributed by atoms with van der Waals surface area (Å²) in [5.41, 5.74) is 0. The van der Waals surface area contributed by atoms with E-state index in [1.807, 2.05) is 0 Å². The third-order valence-electron chi connectivity index (χ3n) is 13.9. The minimum absolute atomic E-state index is 0.0335. The molecule has 0 spiro atoms. The quantitative estimate of drug-likeness (QED) is 0.238. The Hall–Kier alpha value is -0.240. The molecule has 20 atom stereocenters. The van der Waals surface area contributed by atoms with Gasteiger partial charge in [-0.1, -0.05) is 96.9 Å². The standard InChI is InChI=1S/C39H72O6/c1-15-30-22(7)20(5)28(13)38(42-30)44-36-26(11)24(9)34(40-32(36)17-3)19-35-25(10)27(12)37(33(18-4)41-35)45-39-29(14)21(6)23(8)31(16-2)43-39/h20-39H,15-19H2,1-14H3. The third-order valence-corrected chi connectivity index (χ3v) is 13.9. The van der Waals surface area contributed by atoms with E-state index in [9.17, 15) is 0 Å². The van der Waals surface area contributed by atoms with E-state index in [-0.39, 0.29) is 61.4 Å². The molecular weight excluding hydrogens is 564 g/mol. The van der Waals surface area contributed by atoms with E-state index in [0.29, 0.717) is 59.2 Å². The van der Waals surface area contributed by atoms with Crippen LogP contribution in [0.4, 0.5) is 0 Å². The molecule has 0 saturated carbocycles. The van der Waals surface area contributed by atoms with Crippen LogP contribution in [-0.2, 0) is 28.4 Å². The number of ether oxygens (including phenoxy) is 6. The molecular formula is C39H72O6. The average molecular weight is 637 g/mol. The molecule has 4 rings (SSSR count). The summed E-state index contributed by atoms with van der Waals surface area (Å²) in [6, 6.07) is 0. The Kier molecular flexibility index (Phi) is 13.3. The van der Waals surface area contributed by atoms with Crippen LogP contribution in [0.2, 0.25) is 0 Å². The van der Waals surface area contributed by atoms with Crippen LogP contribution in [0.5, 0.6) is 0 Å². The van der Waals surface area contributed by atoms with Crippen molar-refractivity contribution in [2.45, 2.75) is 190 Å². The summed E-state index contributed by atoms with van der Waals surface area (Å²) in [5, 5.41) is 0. The highest BCUT2D eigenvalue weighted by Crippen LogP contribution is 2.45. The van der Waals surface area contributed by atoms with E-state index in [0.717, 1.165) is 32.1 Å². The average Bonchev–Trinajstić information content (AvgIpc) is 3.03. The molecule has 20 unspecified atom stereocenters. The Morgan fingerprint density at radius 3 is 0.956 bits per heavy atom. The van der Waals surface area contributed by atoms with Crippen LogP contribution in [0.3, 0.4) is 0 Å². The lowest BCUT2D eigenvalue weighted by Crippen LogP contribution is -2.57. The Morgan fingerprint density at radius 2 is 0.644 bits per heavy atom. The predicted octanol–water partition coefficient (Wildman–Crippen LogP) is 9.13. The zero-order valence-corrected chi connectivity index (χ0v) is 31.5. The van der Waals surface area contributed by atoms with Gasteiger partial charge in [0.15, 0.2) is 12.6 Å². The summed E-state index contributed by atoms with van der Waals surface area (Å²) in [4.78, 5) is 0. The molecule has 4 aliphatic heterocycles. The number of hydrogen-bond acceptors (Lipinski definition) is 6. The van der Waals surface area contributed by atoms with E-state index in [1.54, 1.807) is 0 Å². The highest BCUT2D eigenvalue weighted by molar-refractivity contribution is 4.95. The Balaban J connectivity index is 1.41. The fraction of sp³-hybridized carbons (Fsp3) is 1.00. The van der Waals surface area contributed by atoms with Crippen molar-refractivity contribution in [2.24, 2.45) is 59.2 Å². The molecule has 264 valence electrons. The first-order chi connectivity index (χ1) is 21.3. The van der Waals surface area contributed by atoms with Gasteiger partial charge in [-0.15, -0.1) is 0 Å². The van der Waals surface area contributed by atoms with Crippen molar-refractivity contribution in [3.8, 4) is 0 Å². The highest BCUT2D eigenvalue weighted by Gasteiger charge is 2.50. The van der Waals surface area contributed by atoms with Gasteiger partial charge in [-0.05, 0) is 73.0 Å². The van der Waals surface area contributed by atoms with Crippen molar-refractivity contribution in [3.05, 3.63) is 0 Å². The maximum absolute atomic E-state index is 6.96. The van der Waals surface area contributed by atoms with Crippen LogP contribution in [0.1, 0.15) is 129 Å². The monoisotopic (exact) mass is 637 g/mol. The molecule has 0 aromatic heterocycles. The molecule has 4 fully saturated rings. The molecule has 0 N–H and O–H groups in total. The second-order valence-electron chi connectivity index (χ2n) is 16.2. The molecule has 6 heteroatoms. The first-order valence-corrected chi connectivity index (χ1v) is 19.2. The summed E-state index contributed by atoms with van der Waals surface area (Å²) in [5.74, 6) is 4.42. The van der Waals surface area contributed by atoms with Crippen molar-refractivity contribution in [3.63, 3.8) is 0 Å². The zero-order valence-electron chi connectivity index (χ0n) is 31.5. The zero-order chi connectivity index (χ0) is 33.3. The van der Waals surface area contributed by atoms with Crippen molar-refractivity contribution >= 4 is 0 Å². The van der Waals surface area contributed by atoms with Gasteiger partial charge < -0.3 is 28.4 Å². The third kappa shape index (κ3) is 7.67. The smallest absolute Gasteiger partial charge is 0.161 e. The summed E-state index contributed by atoms with van der Waals surface area (Å²) in [7, 11) is 0. The van der Waals surface area contributed by atoms with Gasteiger partial charge >= 0.3 is 0 Å². The lowest BCUT2D eigenvalue weighted by Gasteiger charge is -2.51. The maximum Gasteiger partial charge on any atom is 0.161 e. The van der Waals surface area contributed by atoms with Crippen molar-refractivity contribution < 1.29 is 28.4 Å². The van der Waals surface area contributed by atoms with Gasteiger partial charge in [0.05, 0.1) is 48.8 Å². The van der Waals surface area contributed by atoms with Gasteiger partial charge in [-0.2, -0.15) is 0 Å². The molecule has 0 amide bonds. The van der Waals surface area contributed by atoms with Gasteiger partial charge in [-0.25, -0.2) is 0 Å². The largest absolute Gasteiger partial charge is 0.372 e. The maximum atomic E-state index is 6.96. The Morgan fingerprint density at radius 1 is 0.333 bits per heavy atom. The summed E-state index contributed by atoms with van der Waals surface area (Å²) in [6.07, 6.45) is 5.46. The van der Waals surface area contributed by atoms with Crippen molar-refractivity contribution in [1.29, 1.82) is 0 Å². The molecule has 4 saturated heterocycles. The predicted molar refractivity (Wildman–Crippen MR) is 182 cm³/mol. The molecule has 0 aliphatic carbocycles. The van der Waals surface area contributed by atoms with E-state index < -0.39 is 0 Å². The summed E-state index contributed by atoms with van der Waals surface area (Å²) < 4.78 is 40.9. The minimum atomic E-state index is -0.172. The molecule has 45 heavy (non-hydrogen) atoms. The molecule has 0 aromatic carbocycles. The lowest BCUT2D eigenvalue weighted by molar-refractivity contribution is -0.309. The second-order valence-corrected chi connectivity index (χ2v) is 16.2. The van der Waals surface area contributed by atoms with E-state index in [1.165, 1.54) is 0 Å². The highest BCUT2D eigenvalue weighted by atomic mass is 16.7. The fourth-order valence-electron chi connectivity index (χ4n) is 9.18. The topological polar surface area (TPSA) is 55.4 Å². The van der Waals surface area contributed by atoms with Crippen LogP contribution < -0.4 is 0 Å². The van der Waals surface area contributed by atoms with E-state index in [2.05, 4.69) is 96.9 Å². The number of hydrogen-bond donors (Lipinski definition) is 0. The van der Waals surface area contributed by atoms with Crippen molar-refractivity contribution in [2.75, 3.05) is 0 Å². The molecule has 0 radical (unpaired) electrons. The van der Waals surface area contributed by atoms with Crippen LogP contribution in [0, 0.1) is 59.2 Å². The molecule has 0 aromatic rings. The van der Waals surface area contributed by atoms with Crippen molar-refractivity contribution in [1.82, 2.24) is 0 Å². The molecule has 4 heterocycles. The van der Waals surface area contributed by atoms with Crippen LogP contribution in [0.15, 0.2) is 0 Å². The fourth-order valence-corrected chi connectivity index (χ4v) is 9.18. The Labute approximate surface area is 277 Å². The minimum Gasteiger partial charge on any atom is -0.372 e. The first-order valence-electron chi connectivity index (χ1n) is 19.2. The Bertz CT molecular complexity index is 821. The van der Waals surface area contributed by atoms with Gasteiger partial charge in [0.2, 0.25) is 0 Å². The normalized spacial score (nSPS) is 52.9. The van der Waals surface area contributed by atoms with Crippen LogP contribution in [-0.4, -0.2) is 61.4 Å². The van der Waals surface area contributed by atoms with Crippen LogP contribution in [0.25, 0.3) is 0 Å². The molecule has 4 aliphatic rings. The SMILES string of the molecule is CCC1OC(OC2C(CC)OC(CC3OC(CC)C(OC4OC(CC)C(C)C(C)C4C)C(C)C3C)C(C)C2C)C(C)C(C)C1C. The number of rotatable bonds is 10.